The number of aryl methyl sites for hydroxylation is 1. The minimum Gasteiger partial charge on any atom is -0.334 e. The van der Waals surface area contributed by atoms with Crippen molar-refractivity contribution in [3.8, 4) is 0 Å². The summed E-state index contributed by atoms with van der Waals surface area (Å²) in [6.07, 6.45) is 1.10. The van der Waals surface area contributed by atoms with Gasteiger partial charge in [0.05, 0.1) is 0 Å². The van der Waals surface area contributed by atoms with Gasteiger partial charge in [-0.3, -0.25) is 9.59 Å². The first kappa shape index (κ1) is 15.8. The van der Waals surface area contributed by atoms with Gasteiger partial charge in [-0.2, -0.15) is 0 Å². The molecule has 2 amide bonds. The van der Waals surface area contributed by atoms with E-state index in [1.807, 2.05) is 13.0 Å². The van der Waals surface area contributed by atoms with Gasteiger partial charge in [-0.15, -0.1) is 0 Å². The summed E-state index contributed by atoms with van der Waals surface area (Å²) >= 11 is 5.92. The number of nitrogens with zero attached hydrogens (tertiary/aromatic N) is 1. The molecule has 5 heteroatoms. The van der Waals surface area contributed by atoms with Crippen molar-refractivity contribution in [2.45, 2.75) is 27.2 Å². The van der Waals surface area contributed by atoms with Crippen molar-refractivity contribution in [1.29, 1.82) is 0 Å². The minimum atomic E-state index is -0.596. The van der Waals surface area contributed by atoms with Crippen LogP contribution in [-0.4, -0.2) is 29.8 Å². The molecule has 1 saturated heterocycles. The van der Waals surface area contributed by atoms with Crippen LogP contribution in [0.4, 0.5) is 5.69 Å². The zero-order chi connectivity index (χ0) is 15.6. The second-order valence-electron chi connectivity index (χ2n) is 6.07. The first-order valence-electron chi connectivity index (χ1n) is 7.23. The van der Waals surface area contributed by atoms with Crippen molar-refractivity contribution in [1.82, 2.24) is 4.90 Å². The van der Waals surface area contributed by atoms with Crippen LogP contribution >= 0.6 is 11.6 Å². The highest BCUT2D eigenvalue weighted by Crippen LogP contribution is 2.22. The molecule has 0 aromatic heterocycles. The summed E-state index contributed by atoms with van der Waals surface area (Å²) in [6.45, 7) is 7.36. The Balaban J connectivity index is 2.06. The van der Waals surface area contributed by atoms with Gasteiger partial charge in [-0.05, 0) is 42.9 Å². The summed E-state index contributed by atoms with van der Waals surface area (Å²) in [7, 11) is 0. The third-order valence-electron chi connectivity index (χ3n) is 3.80. The van der Waals surface area contributed by atoms with Crippen LogP contribution in [0.5, 0.6) is 0 Å². The first-order chi connectivity index (χ1) is 9.86. The van der Waals surface area contributed by atoms with E-state index in [2.05, 4.69) is 19.2 Å². The molecule has 1 aliphatic rings. The smallest absolute Gasteiger partial charge is 0.313 e. The molecule has 1 aliphatic heterocycles. The van der Waals surface area contributed by atoms with E-state index < -0.39 is 11.8 Å². The molecule has 1 aromatic carbocycles. The van der Waals surface area contributed by atoms with Gasteiger partial charge in [0.25, 0.3) is 0 Å². The first-order valence-corrected chi connectivity index (χ1v) is 7.61. The number of amides is 2. The van der Waals surface area contributed by atoms with Crippen molar-refractivity contribution >= 4 is 29.1 Å². The Bertz CT molecular complexity index is 549. The lowest BCUT2D eigenvalue weighted by Gasteiger charge is -2.34. The monoisotopic (exact) mass is 308 g/mol. The molecule has 1 N–H and O–H groups in total. The Kier molecular flexibility index (Phi) is 4.88. The molecule has 4 nitrogen and oxygen atoms in total. The molecule has 0 spiro atoms. The van der Waals surface area contributed by atoms with Crippen LogP contribution in [0.15, 0.2) is 18.2 Å². The molecule has 0 saturated carbocycles. The SMILES string of the molecule is Cc1ccc(Cl)cc1NC(=O)C(=O)N1CC(C)CC(C)C1. The van der Waals surface area contributed by atoms with Crippen molar-refractivity contribution in [3.63, 3.8) is 0 Å². The topological polar surface area (TPSA) is 49.4 Å². The van der Waals surface area contributed by atoms with Crippen LogP contribution < -0.4 is 5.32 Å². The number of anilines is 1. The molecule has 2 atom stereocenters. The summed E-state index contributed by atoms with van der Waals surface area (Å²) in [5.74, 6) is -0.203. The Morgan fingerprint density at radius 3 is 2.48 bits per heavy atom. The van der Waals surface area contributed by atoms with E-state index in [9.17, 15) is 9.59 Å². The highest BCUT2D eigenvalue weighted by atomic mass is 35.5. The number of rotatable bonds is 1. The fourth-order valence-corrected chi connectivity index (χ4v) is 3.05. The maximum Gasteiger partial charge on any atom is 0.313 e. The molecular weight excluding hydrogens is 288 g/mol. The van der Waals surface area contributed by atoms with Gasteiger partial charge < -0.3 is 10.2 Å². The summed E-state index contributed by atoms with van der Waals surface area (Å²) in [6, 6.07) is 5.22. The number of likely N-dealkylation sites (tertiary alicyclic amines) is 1. The maximum atomic E-state index is 12.3. The van der Waals surface area contributed by atoms with E-state index >= 15 is 0 Å². The Morgan fingerprint density at radius 2 is 1.86 bits per heavy atom. The van der Waals surface area contributed by atoms with Crippen LogP contribution in [0, 0.1) is 18.8 Å². The molecule has 2 rings (SSSR count). The lowest BCUT2D eigenvalue weighted by molar-refractivity contribution is -0.144. The largest absolute Gasteiger partial charge is 0.334 e. The van der Waals surface area contributed by atoms with Crippen LogP contribution in [-0.2, 0) is 9.59 Å². The quantitative estimate of drug-likeness (QED) is 0.811. The van der Waals surface area contributed by atoms with E-state index in [1.54, 1.807) is 17.0 Å². The molecule has 1 heterocycles. The molecule has 2 unspecified atom stereocenters. The average Bonchev–Trinajstić information content (AvgIpc) is 2.41. The van der Waals surface area contributed by atoms with Crippen molar-refractivity contribution in [3.05, 3.63) is 28.8 Å². The predicted octanol–water partition coefficient (Wildman–Crippen LogP) is 3.09. The highest BCUT2D eigenvalue weighted by molar-refractivity contribution is 6.39. The van der Waals surface area contributed by atoms with Crippen LogP contribution in [0.1, 0.15) is 25.8 Å². The fraction of sp³-hybridized carbons (Fsp3) is 0.500. The number of hydrogen-bond acceptors (Lipinski definition) is 2. The van der Waals surface area contributed by atoms with Crippen LogP contribution in [0.3, 0.4) is 0 Å². The molecule has 0 radical (unpaired) electrons. The van der Waals surface area contributed by atoms with E-state index in [4.69, 9.17) is 11.6 Å². The maximum absolute atomic E-state index is 12.3. The van der Waals surface area contributed by atoms with Gasteiger partial charge in [-0.1, -0.05) is 31.5 Å². The third kappa shape index (κ3) is 3.97. The van der Waals surface area contributed by atoms with Gasteiger partial charge in [0.1, 0.15) is 0 Å². The zero-order valence-corrected chi connectivity index (χ0v) is 13.4. The van der Waals surface area contributed by atoms with Crippen molar-refractivity contribution < 1.29 is 9.59 Å². The number of benzene rings is 1. The Labute approximate surface area is 130 Å². The standard InChI is InChI=1S/C16H21ClN2O2/c1-10-6-11(2)9-19(8-10)16(21)15(20)18-14-7-13(17)5-4-12(14)3/h4-5,7,10-11H,6,8-9H2,1-3H3,(H,18,20). The molecule has 21 heavy (non-hydrogen) atoms. The van der Waals surface area contributed by atoms with Gasteiger partial charge in [0, 0.05) is 23.8 Å². The fourth-order valence-electron chi connectivity index (χ4n) is 2.88. The summed E-state index contributed by atoms with van der Waals surface area (Å²) in [5.41, 5.74) is 1.46. The van der Waals surface area contributed by atoms with Crippen molar-refractivity contribution in [2.24, 2.45) is 11.8 Å². The van der Waals surface area contributed by atoms with Gasteiger partial charge in [0.15, 0.2) is 0 Å². The van der Waals surface area contributed by atoms with Gasteiger partial charge in [0.2, 0.25) is 0 Å². The number of hydrogen-bond donors (Lipinski definition) is 1. The van der Waals surface area contributed by atoms with Gasteiger partial charge in [-0.25, -0.2) is 0 Å². The van der Waals surface area contributed by atoms with E-state index in [0.29, 0.717) is 35.6 Å². The lowest BCUT2D eigenvalue weighted by Crippen LogP contribution is -2.47. The third-order valence-corrected chi connectivity index (χ3v) is 4.03. The predicted molar refractivity (Wildman–Crippen MR) is 84.3 cm³/mol. The second kappa shape index (κ2) is 6.48. The molecule has 0 aliphatic carbocycles. The molecule has 1 aromatic rings. The minimum absolute atomic E-state index is 0.429. The molecule has 0 bridgehead atoms. The summed E-state index contributed by atoms with van der Waals surface area (Å²) in [5, 5.41) is 3.19. The molecule has 114 valence electrons. The van der Waals surface area contributed by atoms with Crippen LogP contribution in [0.2, 0.25) is 5.02 Å². The normalized spacial score (nSPS) is 22.0. The lowest BCUT2D eigenvalue weighted by atomic mass is 9.92. The Morgan fingerprint density at radius 1 is 1.24 bits per heavy atom. The molecule has 1 fully saturated rings. The molecular formula is C16H21ClN2O2. The highest BCUT2D eigenvalue weighted by Gasteiger charge is 2.29. The summed E-state index contributed by atoms with van der Waals surface area (Å²) < 4.78 is 0. The zero-order valence-electron chi connectivity index (χ0n) is 12.6. The number of piperidine rings is 1. The second-order valence-corrected chi connectivity index (χ2v) is 6.51. The number of carbonyl (C=O) groups is 2. The number of halogens is 1. The average molecular weight is 309 g/mol. The van der Waals surface area contributed by atoms with E-state index in [-0.39, 0.29) is 0 Å². The van der Waals surface area contributed by atoms with E-state index in [0.717, 1.165) is 12.0 Å². The van der Waals surface area contributed by atoms with Crippen LogP contribution in [0.25, 0.3) is 0 Å². The van der Waals surface area contributed by atoms with Crippen molar-refractivity contribution in [2.75, 3.05) is 18.4 Å². The number of nitrogens with one attached hydrogen (secondary N) is 1. The number of carbonyl (C=O) groups excluding carboxylic acids is 2. The van der Waals surface area contributed by atoms with E-state index in [1.165, 1.54) is 0 Å². The summed E-state index contributed by atoms with van der Waals surface area (Å²) in [4.78, 5) is 26.1. The van der Waals surface area contributed by atoms with Gasteiger partial charge >= 0.3 is 11.8 Å². The Hall–Kier alpha value is -1.55.